The molecule has 1 saturated heterocycles. The predicted octanol–water partition coefficient (Wildman–Crippen LogP) is 0.686. The van der Waals surface area contributed by atoms with Gasteiger partial charge in [-0.05, 0) is 13.8 Å². The number of ether oxygens (including phenoxy) is 2. The van der Waals surface area contributed by atoms with Gasteiger partial charge in [-0.15, -0.1) is 0 Å². The molecule has 3 nitrogen and oxygen atoms in total. The second-order valence-electron chi connectivity index (χ2n) is 2.98. The summed E-state index contributed by atoms with van der Waals surface area (Å²) in [5, 5.41) is 8.47. The van der Waals surface area contributed by atoms with Gasteiger partial charge in [-0.2, -0.15) is 0 Å². The first-order valence-electron chi connectivity index (χ1n) is 3.73. The third kappa shape index (κ3) is 2.61. The molecule has 1 aliphatic rings. The number of aliphatic hydroxyl groups excluding tert-OH is 1. The summed E-state index contributed by atoms with van der Waals surface area (Å²) in [4.78, 5) is 0. The monoisotopic (exact) mass is 158 g/mol. The Hall–Kier alpha value is -0.380. The zero-order chi connectivity index (χ0) is 8.32. The maximum atomic E-state index is 8.47. The van der Waals surface area contributed by atoms with Crippen LogP contribution in [0, 0.1) is 0 Å². The van der Waals surface area contributed by atoms with Crippen molar-refractivity contribution in [2.24, 2.45) is 0 Å². The highest BCUT2D eigenvalue weighted by atomic mass is 16.7. The second-order valence-corrected chi connectivity index (χ2v) is 2.98. The molecule has 1 rings (SSSR count). The van der Waals surface area contributed by atoms with Gasteiger partial charge in [0.25, 0.3) is 0 Å². The van der Waals surface area contributed by atoms with E-state index in [4.69, 9.17) is 14.6 Å². The fraction of sp³-hybridized carbons (Fsp3) is 0.750. The average molecular weight is 158 g/mol. The molecule has 1 aliphatic heterocycles. The van der Waals surface area contributed by atoms with Gasteiger partial charge in [-0.3, -0.25) is 0 Å². The van der Waals surface area contributed by atoms with Gasteiger partial charge in [0.1, 0.15) is 6.10 Å². The van der Waals surface area contributed by atoms with Crippen LogP contribution in [0.4, 0.5) is 0 Å². The molecule has 0 aromatic carbocycles. The molecule has 1 fully saturated rings. The van der Waals surface area contributed by atoms with Gasteiger partial charge >= 0.3 is 0 Å². The summed E-state index contributed by atoms with van der Waals surface area (Å²) < 4.78 is 10.7. The van der Waals surface area contributed by atoms with Crippen LogP contribution < -0.4 is 0 Å². The van der Waals surface area contributed by atoms with E-state index >= 15 is 0 Å². The van der Waals surface area contributed by atoms with Crippen molar-refractivity contribution in [1.29, 1.82) is 0 Å². The van der Waals surface area contributed by atoms with Crippen molar-refractivity contribution in [3.05, 3.63) is 12.2 Å². The van der Waals surface area contributed by atoms with E-state index in [1.165, 1.54) is 0 Å². The van der Waals surface area contributed by atoms with Crippen LogP contribution in [0.5, 0.6) is 0 Å². The summed E-state index contributed by atoms with van der Waals surface area (Å²) in [6.07, 6.45) is 3.47. The minimum absolute atomic E-state index is 0.00264. The minimum atomic E-state index is -0.468. The van der Waals surface area contributed by atoms with Crippen LogP contribution in [0.25, 0.3) is 0 Å². The van der Waals surface area contributed by atoms with Crippen molar-refractivity contribution in [2.75, 3.05) is 13.2 Å². The number of hydrogen-bond acceptors (Lipinski definition) is 3. The zero-order valence-corrected chi connectivity index (χ0v) is 6.91. The molecule has 1 heterocycles. The first-order valence-corrected chi connectivity index (χ1v) is 3.73. The standard InChI is InChI=1S/C8H14O3/c1-8(2)10-6-7(11-8)4-3-5-9/h3-4,7,9H,5-6H2,1-2H3. The van der Waals surface area contributed by atoms with Crippen molar-refractivity contribution < 1.29 is 14.6 Å². The lowest BCUT2D eigenvalue weighted by molar-refractivity contribution is -0.133. The first kappa shape index (κ1) is 8.71. The average Bonchev–Trinajstić information content (AvgIpc) is 2.26. The smallest absolute Gasteiger partial charge is 0.163 e. The summed E-state index contributed by atoms with van der Waals surface area (Å²) in [5.74, 6) is -0.468. The highest BCUT2D eigenvalue weighted by Crippen LogP contribution is 2.22. The number of hydrogen-bond donors (Lipinski definition) is 1. The largest absolute Gasteiger partial charge is 0.392 e. The van der Waals surface area contributed by atoms with Gasteiger partial charge in [-0.25, -0.2) is 0 Å². The number of aliphatic hydroxyl groups is 1. The normalized spacial score (nSPS) is 29.9. The Kier molecular flexibility index (Phi) is 2.65. The SMILES string of the molecule is CC1(C)OCC(C=CCO)O1. The van der Waals surface area contributed by atoms with E-state index in [-0.39, 0.29) is 12.7 Å². The van der Waals surface area contributed by atoms with Crippen LogP contribution in [0.2, 0.25) is 0 Å². The second kappa shape index (κ2) is 3.34. The van der Waals surface area contributed by atoms with Crippen LogP contribution in [-0.2, 0) is 9.47 Å². The molecule has 0 radical (unpaired) electrons. The molecule has 64 valence electrons. The maximum absolute atomic E-state index is 8.47. The lowest BCUT2D eigenvalue weighted by Crippen LogP contribution is -2.20. The van der Waals surface area contributed by atoms with E-state index in [9.17, 15) is 0 Å². The van der Waals surface area contributed by atoms with Crippen molar-refractivity contribution in [1.82, 2.24) is 0 Å². The van der Waals surface area contributed by atoms with Gasteiger partial charge in [0, 0.05) is 0 Å². The lowest BCUT2D eigenvalue weighted by Gasteiger charge is -2.15. The van der Waals surface area contributed by atoms with Crippen molar-refractivity contribution in [2.45, 2.75) is 25.7 Å². The Morgan fingerprint density at radius 2 is 2.36 bits per heavy atom. The van der Waals surface area contributed by atoms with Gasteiger partial charge in [-0.1, -0.05) is 12.2 Å². The molecule has 0 spiro atoms. The summed E-state index contributed by atoms with van der Waals surface area (Å²) in [5.41, 5.74) is 0. The Morgan fingerprint density at radius 3 is 2.82 bits per heavy atom. The van der Waals surface area contributed by atoms with E-state index in [2.05, 4.69) is 0 Å². The Bertz CT molecular complexity index is 151. The van der Waals surface area contributed by atoms with Crippen LogP contribution in [0.3, 0.4) is 0 Å². The summed E-state index contributed by atoms with van der Waals surface area (Å²) in [6, 6.07) is 0. The highest BCUT2D eigenvalue weighted by Gasteiger charge is 2.30. The topological polar surface area (TPSA) is 38.7 Å². The maximum Gasteiger partial charge on any atom is 0.163 e. The van der Waals surface area contributed by atoms with E-state index in [0.717, 1.165) is 0 Å². The fourth-order valence-electron chi connectivity index (χ4n) is 1.02. The molecule has 1 unspecified atom stereocenters. The van der Waals surface area contributed by atoms with E-state index < -0.39 is 5.79 Å². The molecular formula is C8H14O3. The molecule has 0 amide bonds. The van der Waals surface area contributed by atoms with Crippen molar-refractivity contribution in [3.63, 3.8) is 0 Å². The minimum Gasteiger partial charge on any atom is -0.392 e. The van der Waals surface area contributed by atoms with Crippen molar-refractivity contribution in [3.8, 4) is 0 Å². The van der Waals surface area contributed by atoms with Gasteiger partial charge in [0.15, 0.2) is 5.79 Å². The highest BCUT2D eigenvalue weighted by molar-refractivity contribution is 4.92. The fourth-order valence-corrected chi connectivity index (χ4v) is 1.02. The Labute approximate surface area is 66.6 Å². The molecule has 0 aromatic rings. The molecule has 0 aliphatic carbocycles. The molecule has 0 bridgehead atoms. The summed E-state index contributed by atoms with van der Waals surface area (Å²) in [7, 11) is 0. The molecular weight excluding hydrogens is 144 g/mol. The van der Waals surface area contributed by atoms with E-state index in [1.807, 2.05) is 19.9 Å². The first-order chi connectivity index (χ1) is 5.14. The Balaban J connectivity index is 2.36. The van der Waals surface area contributed by atoms with Gasteiger partial charge in [0.2, 0.25) is 0 Å². The molecule has 11 heavy (non-hydrogen) atoms. The van der Waals surface area contributed by atoms with Gasteiger partial charge in [0.05, 0.1) is 13.2 Å². The van der Waals surface area contributed by atoms with Crippen LogP contribution in [0.15, 0.2) is 12.2 Å². The Morgan fingerprint density at radius 1 is 1.64 bits per heavy atom. The molecule has 0 aromatic heterocycles. The molecule has 0 saturated carbocycles. The summed E-state index contributed by atoms with van der Waals surface area (Å²) >= 11 is 0. The van der Waals surface area contributed by atoms with Crippen LogP contribution in [-0.4, -0.2) is 30.2 Å². The van der Waals surface area contributed by atoms with E-state index in [0.29, 0.717) is 6.61 Å². The predicted molar refractivity (Wildman–Crippen MR) is 41.1 cm³/mol. The van der Waals surface area contributed by atoms with Gasteiger partial charge < -0.3 is 14.6 Å². The third-order valence-corrected chi connectivity index (χ3v) is 1.49. The van der Waals surface area contributed by atoms with Crippen LogP contribution in [0.1, 0.15) is 13.8 Å². The van der Waals surface area contributed by atoms with Crippen LogP contribution >= 0.6 is 0 Å². The summed E-state index contributed by atoms with van der Waals surface area (Å²) in [6.45, 7) is 4.38. The quantitative estimate of drug-likeness (QED) is 0.601. The number of rotatable bonds is 2. The molecule has 1 N–H and O–H groups in total. The lowest BCUT2D eigenvalue weighted by atomic mass is 10.3. The third-order valence-electron chi connectivity index (χ3n) is 1.49. The molecule has 1 atom stereocenters. The van der Waals surface area contributed by atoms with E-state index in [1.54, 1.807) is 6.08 Å². The van der Waals surface area contributed by atoms with Crippen molar-refractivity contribution >= 4 is 0 Å². The molecule has 3 heteroatoms. The zero-order valence-electron chi connectivity index (χ0n) is 6.91.